The van der Waals surface area contributed by atoms with E-state index in [1.807, 2.05) is 36.6 Å². The lowest BCUT2D eigenvalue weighted by Crippen LogP contribution is -2.14. The lowest BCUT2D eigenvalue weighted by molar-refractivity contribution is -0.115. The second kappa shape index (κ2) is 6.16. The fourth-order valence-electron chi connectivity index (χ4n) is 1.53. The molecule has 0 bridgehead atoms. The molecule has 0 radical (unpaired) electrons. The SMILES string of the molecule is CCNc1ccc(NC(=O)Cc2cccs2)cn1. The van der Waals surface area contributed by atoms with Gasteiger partial charge in [0.05, 0.1) is 18.3 Å². The molecule has 0 saturated heterocycles. The van der Waals surface area contributed by atoms with Gasteiger partial charge in [0.15, 0.2) is 0 Å². The molecule has 2 aromatic heterocycles. The van der Waals surface area contributed by atoms with E-state index in [-0.39, 0.29) is 5.91 Å². The molecule has 94 valence electrons. The van der Waals surface area contributed by atoms with Crippen LogP contribution in [-0.4, -0.2) is 17.4 Å². The summed E-state index contributed by atoms with van der Waals surface area (Å²) in [5.74, 6) is 0.796. The van der Waals surface area contributed by atoms with Gasteiger partial charge in [0.25, 0.3) is 0 Å². The number of amides is 1. The van der Waals surface area contributed by atoms with Crippen LogP contribution in [0.3, 0.4) is 0 Å². The molecule has 2 rings (SSSR count). The van der Waals surface area contributed by atoms with E-state index in [1.165, 1.54) is 0 Å². The zero-order chi connectivity index (χ0) is 12.8. The van der Waals surface area contributed by atoms with Crippen LogP contribution in [0, 0.1) is 0 Å². The second-order valence-corrected chi connectivity index (χ2v) is 4.80. The molecule has 0 aromatic carbocycles. The average Bonchev–Trinajstić information content (AvgIpc) is 2.84. The Balaban J connectivity index is 1.90. The maximum Gasteiger partial charge on any atom is 0.229 e. The molecule has 0 saturated carbocycles. The van der Waals surface area contributed by atoms with Gasteiger partial charge in [-0.25, -0.2) is 4.98 Å². The molecule has 2 heterocycles. The summed E-state index contributed by atoms with van der Waals surface area (Å²) in [7, 11) is 0. The quantitative estimate of drug-likeness (QED) is 0.870. The Morgan fingerprint density at radius 1 is 1.39 bits per heavy atom. The molecule has 0 atom stereocenters. The van der Waals surface area contributed by atoms with Gasteiger partial charge in [0.2, 0.25) is 5.91 Å². The summed E-state index contributed by atoms with van der Waals surface area (Å²) < 4.78 is 0. The molecule has 4 nitrogen and oxygen atoms in total. The minimum absolute atomic E-state index is 0.0181. The highest BCUT2D eigenvalue weighted by molar-refractivity contribution is 7.10. The summed E-state index contributed by atoms with van der Waals surface area (Å²) in [6, 6.07) is 7.60. The van der Waals surface area contributed by atoms with Gasteiger partial charge in [0.1, 0.15) is 5.82 Å². The molecule has 0 aliphatic rings. The number of nitrogens with one attached hydrogen (secondary N) is 2. The average molecular weight is 261 g/mol. The number of thiophene rings is 1. The van der Waals surface area contributed by atoms with Gasteiger partial charge in [-0.05, 0) is 30.5 Å². The van der Waals surface area contributed by atoms with Crippen molar-refractivity contribution in [3.63, 3.8) is 0 Å². The number of carbonyl (C=O) groups excluding carboxylic acids is 1. The Hall–Kier alpha value is -1.88. The van der Waals surface area contributed by atoms with Crippen LogP contribution in [0.15, 0.2) is 35.8 Å². The Morgan fingerprint density at radius 2 is 2.28 bits per heavy atom. The molecule has 0 spiro atoms. The maximum atomic E-state index is 11.7. The van der Waals surface area contributed by atoms with Crippen LogP contribution in [-0.2, 0) is 11.2 Å². The van der Waals surface area contributed by atoms with Crippen molar-refractivity contribution in [3.05, 3.63) is 40.7 Å². The van der Waals surface area contributed by atoms with Crippen molar-refractivity contribution in [3.8, 4) is 0 Å². The smallest absolute Gasteiger partial charge is 0.229 e. The molecule has 1 amide bonds. The van der Waals surface area contributed by atoms with Crippen LogP contribution in [0.1, 0.15) is 11.8 Å². The summed E-state index contributed by atoms with van der Waals surface area (Å²) in [5.41, 5.74) is 0.721. The van der Waals surface area contributed by atoms with E-state index in [1.54, 1.807) is 17.5 Å². The number of hydrogen-bond acceptors (Lipinski definition) is 4. The minimum Gasteiger partial charge on any atom is -0.370 e. The topological polar surface area (TPSA) is 54.0 Å². The molecule has 0 fully saturated rings. The number of anilines is 2. The Labute approximate surface area is 110 Å². The van der Waals surface area contributed by atoms with Crippen molar-refractivity contribution in [2.45, 2.75) is 13.3 Å². The Kier molecular flexibility index (Phi) is 4.30. The zero-order valence-corrected chi connectivity index (χ0v) is 11.0. The number of hydrogen-bond donors (Lipinski definition) is 2. The summed E-state index contributed by atoms with van der Waals surface area (Å²) in [6.45, 7) is 2.84. The number of nitrogens with zero attached hydrogens (tertiary/aromatic N) is 1. The fraction of sp³-hybridized carbons (Fsp3) is 0.231. The number of aromatic nitrogens is 1. The van der Waals surface area contributed by atoms with Crippen molar-refractivity contribution >= 4 is 28.7 Å². The van der Waals surface area contributed by atoms with Crippen molar-refractivity contribution in [2.24, 2.45) is 0 Å². The maximum absolute atomic E-state index is 11.7. The zero-order valence-electron chi connectivity index (χ0n) is 10.1. The fourth-order valence-corrected chi connectivity index (χ4v) is 2.23. The van der Waals surface area contributed by atoms with Crippen molar-refractivity contribution < 1.29 is 4.79 Å². The van der Waals surface area contributed by atoms with Gasteiger partial charge in [-0.3, -0.25) is 4.79 Å². The highest BCUT2D eigenvalue weighted by Gasteiger charge is 2.05. The van der Waals surface area contributed by atoms with Crippen molar-refractivity contribution in [1.29, 1.82) is 0 Å². The first-order chi connectivity index (χ1) is 8.78. The van der Waals surface area contributed by atoms with Crippen molar-refractivity contribution in [2.75, 3.05) is 17.2 Å². The lowest BCUT2D eigenvalue weighted by Gasteiger charge is -2.05. The molecular formula is C13H15N3OS. The molecule has 2 N–H and O–H groups in total. The van der Waals surface area contributed by atoms with Gasteiger partial charge in [0, 0.05) is 11.4 Å². The third kappa shape index (κ3) is 3.56. The molecule has 0 aliphatic carbocycles. The highest BCUT2D eigenvalue weighted by Crippen LogP contribution is 2.12. The van der Waals surface area contributed by atoms with Crippen LogP contribution in [0.25, 0.3) is 0 Å². The largest absolute Gasteiger partial charge is 0.370 e. The number of rotatable bonds is 5. The van der Waals surface area contributed by atoms with Crippen LogP contribution in [0.2, 0.25) is 0 Å². The van der Waals surface area contributed by atoms with Gasteiger partial charge < -0.3 is 10.6 Å². The van der Waals surface area contributed by atoms with E-state index in [0.717, 1.165) is 22.9 Å². The van der Waals surface area contributed by atoms with Crippen LogP contribution in [0.4, 0.5) is 11.5 Å². The van der Waals surface area contributed by atoms with Gasteiger partial charge in [-0.15, -0.1) is 11.3 Å². The predicted octanol–water partition coefficient (Wildman–Crippen LogP) is 2.76. The molecule has 18 heavy (non-hydrogen) atoms. The number of carbonyl (C=O) groups is 1. The monoisotopic (exact) mass is 261 g/mol. The molecule has 2 aromatic rings. The third-order valence-electron chi connectivity index (χ3n) is 2.32. The molecular weight excluding hydrogens is 246 g/mol. The van der Waals surface area contributed by atoms with Crippen LogP contribution >= 0.6 is 11.3 Å². The van der Waals surface area contributed by atoms with E-state index < -0.39 is 0 Å². The number of pyridine rings is 1. The summed E-state index contributed by atoms with van der Waals surface area (Å²) in [4.78, 5) is 17.0. The van der Waals surface area contributed by atoms with E-state index in [4.69, 9.17) is 0 Å². The molecule has 5 heteroatoms. The van der Waals surface area contributed by atoms with E-state index in [0.29, 0.717) is 6.42 Å². The second-order valence-electron chi connectivity index (χ2n) is 3.77. The van der Waals surface area contributed by atoms with E-state index in [9.17, 15) is 4.79 Å². The predicted molar refractivity (Wildman–Crippen MR) is 75.1 cm³/mol. The molecule has 0 aliphatic heterocycles. The lowest BCUT2D eigenvalue weighted by atomic mass is 10.3. The van der Waals surface area contributed by atoms with Gasteiger partial charge in [-0.1, -0.05) is 6.07 Å². The highest BCUT2D eigenvalue weighted by atomic mass is 32.1. The van der Waals surface area contributed by atoms with Crippen LogP contribution < -0.4 is 10.6 Å². The summed E-state index contributed by atoms with van der Waals surface area (Å²) >= 11 is 1.58. The Bertz CT molecular complexity index is 493. The Morgan fingerprint density at radius 3 is 2.89 bits per heavy atom. The van der Waals surface area contributed by atoms with Gasteiger partial charge >= 0.3 is 0 Å². The summed E-state index contributed by atoms with van der Waals surface area (Å²) in [5, 5.41) is 7.90. The first-order valence-corrected chi connectivity index (χ1v) is 6.68. The van der Waals surface area contributed by atoms with E-state index in [2.05, 4.69) is 15.6 Å². The standard InChI is InChI=1S/C13H15N3OS/c1-2-14-12-6-5-10(9-15-12)16-13(17)8-11-4-3-7-18-11/h3-7,9H,2,8H2,1H3,(H,14,15)(H,16,17). The van der Waals surface area contributed by atoms with Crippen molar-refractivity contribution in [1.82, 2.24) is 4.98 Å². The first kappa shape index (κ1) is 12.6. The minimum atomic E-state index is -0.0181. The summed E-state index contributed by atoms with van der Waals surface area (Å²) in [6.07, 6.45) is 2.07. The first-order valence-electron chi connectivity index (χ1n) is 5.80. The molecule has 0 unspecified atom stereocenters. The van der Waals surface area contributed by atoms with Gasteiger partial charge in [-0.2, -0.15) is 0 Å². The normalized spacial score (nSPS) is 10.1. The van der Waals surface area contributed by atoms with Crippen LogP contribution in [0.5, 0.6) is 0 Å². The van der Waals surface area contributed by atoms with E-state index >= 15 is 0 Å². The third-order valence-corrected chi connectivity index (χ3v) is 3.20.